The summed E-state index contributed by atoms with van der Waals surface area (Å²) in [5, 5.41) is 2.67. The second kappa shape index (κ2) is 6.79. The normalized spacial score (nSPS) is 17.0. The summed E-state index contributed by atoms with van der Waals surface area (Å²) in [6, 6.07) is 6.95. The van der Waals surface area contributed by atoms with Crippen LogP contribution in [-0.4, -0.2) is 50.7 Å². The Balaban J connectivity index is 2.28. The third-order valence-corrected chi connectivity index (χ3v) is 6.45. The molecule has 1 aromatic rings. The Morgan fingerprint density at radius 2 is 1.82 bits per heavy atom. The van der Waals surface area contributed by atoms with Crippen LogP contribution in [0.3, 0.4) is 0 Å². The molecular weight excluding hydrogens is 300 g/mol. The Labute approximate surface area is 132 Å². The molecule has 1 heterocycles. The molecular formula is C16H24N2O3S. The van der Waals surface area contributed by atoms with Gasteiger partial charge in [0.2, 0.25) is 0 Å². The molecule has 122 valence electrons. The van der Waals surface area contributed by atoms with E-state index in [1.54, 1.807) is 36.9 Å². The first-order valence-electron chi connectivity index (χ1n) is 7.67. The molecule has 5 nitrogen and oxygen atoms in total. The standard InChI is InChI=1S/C16H24N2O3S/c1-12(2)22(20,21)15-7-5-4-6-14(15)16(19)18-10-8-13(17-3)9-11-18/h4-7,12-13,17H,8-11H2,1-3H3. The van der Waals surface area contributed by atoms with Crippen LogP contribution >= 0.6 is 0 Å². The molecule has 1 aliphatic heterocycles. The lowest BCUT2D eigenvalue weighted by Crippen LogP contribution is -2.44. The van der Waals surface area contributed by atoms with Gasteiger partial charge in [0.25, 0.3) is 5.91 Å². The Morgan fingerprint density at radius 1 is 1.23 bits per heavy atom. The molecule has 0 atom stereocenters. The van der Waals surface area contributed by atoms with Gasteiger partial charge in [-0.3, -0.25) is 4.79 Å². The molecule has 0 bridgehead atoms. The molecule has 0 saturated carbocycles. The van der Waals surface area contributed by atoms with E-state index in [2.05, 4.69) is 5.32 Å². The van der Waals surface area contributed by atoms with E-state index in [1.165, 1.54) is 6.07 Å². The molecule has 2 rings (SSSR count). The van der Waals surface area contributed by atoms with Gasteiger partial charge < -0.3 is 10.2 Å². The van der Waals surface area contributed by atoms with Crippen LogP contribution in [0.2, 0.25) is 0 Å². The first kappa shape index (κ1) is 17.0. The van der Waals surface area contributed by atoms with Crippen molar-refractivity contribution in [2.45, 2.75) is 42.9 Å². The number of sulfone groups is 1. The number of likely N-dealkylation sites (tertiary alicyclic amines) is 1. The van der Waals surface area contributed by atoms with Crippen LogP contribution in [0.15, 0.2) is 29.2 Å². The minimum Gasteiger partial charge on any atom is -0.338 e. The van der Waals surface area contributed by atoms with Crippen molar-refractivity contribution in [3.8, 4) is 0 Å². The van der Waals surface area contributed by atoms with Crippen molar-refractivity contribution in [1.29, 1.82) is 0 Å². The second-order valence-electron chi connectivity index (χ2n) is 5.95. The first-order valence-corrected chi connectivity index (χ1v) is 9.22. The van der Waals surface area contributed by atoms with Gasteiger partial charge in [-0.1, -0.05) is 12.1 Å². The molecule has 1 aliphatic rings. The molecule has 0 unspecified atom stereocenters. The van der Waals surface area contributed by atoms with Gasteiger partial charge in [-0.15, -0.1) is 0 Å². The van der Waals surface area contributed by atoms with Crippen LogP contribution < -0.4 is 5.32 Å². The smallest absolute Gasteiger partial charge is 0.255 e. The number of amides is 1. The van der Waals surface area contributed by atoms with Gasteiger partial charge in [-0.2, -0.15) is 0 Å². The van der Waals surface area contributed by atoms with Crippen LogP contribution in [0.25, 0.3) is 0 Å². The van der Waals surface area contributed by atoms with Crippen molar-refractivity contribution in [2.75, 3.05) is 20.1 Å². The Hall–Kier alpha value is -1.40. The van der Waals surface area contributed by atoms with Crippen LogP contribution in [0.1, 0.15) is 37.0 Å². The predicted molar refractivity (Wildman–Crippen MR) is 86.7 cm³/mol. The fraction of sp³-hybridized carbons (Fsp3) is 0.562. The highest BCUT2D eigenvalue weighted by Gasteiger charge is 2.29. The Morgan fingerprint density at radius 3 is 2.36 bits per heavy atom. The molecule has 1 aromatic carbocycles. The fourth-order valence-electron chi connectivity index (χ4n) is 2.69. The number of hydrogen-bond donors (Lipinski definition) is 1. The molecule has 1 N–H and O–H groups in total. The van der Waals surface area contributed by atoms with E-state index in [0.717, 1.165) is 12.8 Å². The van der Waals surface area contributed by atoms with E-state index in [0.29, 0.717) is 24.7 Å². The topological polar surface area (TPSA) is 66.5 Å². The van der Waals surface area contributed by atoms with Crippen LogP contribution in [0.5, 0.6) is 0 Å². The van der Waals surface area contributed by atoms with E-state index in [9.17, 15) is 13.2 Å². The lowest BCUT2D eigenvalue weighted by molar-refractivity contribution is 0.0703. The first-order chi connectivity index (χ1) is 10.4. The second-order valence-corrected chi connectivity index (χ2v) is 8.42. The maximum atomic E-state index is 12.7. The number of hydrogen-bond acceptors (Lipinski definition) is 4. The summed E-state index contributed by atoms with van der Waals surface area (Å²) in [7, 11) is -1.54. The van der Waals surface area contributed by atoms with E-state index >= 15 is 0 Å². The predicted octanol–water partition coefficient (Wildman–Crippen LogP) is 1.69. The van der Waals surface area contributed by atoms with E-state index in [-0.39, 0.29) is 10.8 Å². The molecule has 1 saturated heterocycles. The van der Waals surface area contributed by atoms with E-state index in [1.807, 2.05) is 7.05 Å². The van der Waals surface area contributed by atoms with Gasteiger partial charge >= 0.3 is 0 Å². The van der Waals surface area contributed by atoms with Crippen LogP contribution in [-0.2, 0) is 9.84 Å². The van der Waals surface area contributed by atoms with Gasteiger partial charge in [0, 0.05) is 19.1 Å². The third kappa shape index (κ3) is 3.33. The van der Waals surface area contributed by atoms with Crippen molar-refractivity contribution in [1.82, 2.24) is 10.2 Å². The zero-order valence-corrected chi connectivity index (χ0v) is 14.2. The molecule has 1 fully saturated rings. The minimum atomic E-state index is -3.47. The quantitative estimate of drug-likeness (QED) is 0.915. The highest BCUT2D eigenvalue weighted by Crippen LogP contribution is 2.23. The number of rotatable bonds is 4. The molecule has 0 aromatic heterocycles. The lowest BCUT2D eigenvalue weighted by atomic mass is 10.0. The summed E-state index contributed by atoms with van der Waals surface area (Å²) in [5.74, 6) is -0.186. The summed E-state index contributed by atoms with van der Waals surface area (Å²) in [6.45, 7) is 4.57. The highest BCUT2D eigenvalue weighted by molar-refractivity contribution is 7.92. The number of carbonyl (C=O) groups excluding carboxylic acids is 1. The Bertz CT molecular complexity index is 633. The third-order valence-electron chi connectivity index (χ3n) is 4.24. The van der Waals surface area contributed by atoms with Gasteiger partial charge in [0.05, 0.1) is 15.7 Å². The maximum absolute atomic E-state index is 12.7. The van der Waals surface area contributed by atoms with Gasteiger partial charge in [0.15, 0.2) is 9.84 Å². The minimum absolute atomic E-state index is 0.144. The maximum Gasteiger partial charge on any atom is 0.255 e. The average molecular weight is 324 g/mol. The number of benzene rings is 1. The van der Waals surface area contributed by atoms with Crippen molar-refractivity contribution in [3.05, 3.63) is 29.8 Å². The zero-order chi connectivity index (χ0) is 16.3. The summed E-state index contributed by atoms with van der Waals surface area (Å²) in [6.07, 6.45) is 1.78. The molecule has 6 heteroatoms. The number of nitrogens with zero attached hydrogens (tertiary/aromatic N) is 1. The van der Waals surface area contributed by atoms with Crippen LogP contribution in [0, 0.1) is 0 Å². The van der Waals surface area contributed by atoms with Gasteiger partial charge in [0.1, 0.15) is 0 Å². The van der Waals surface area contributed by atoms with Crippen molar-refractivity contribution in [2.24, 2.45) is 0 Å². The highest BCUT2D eigenvalue weighted by atomic mass is 32.2. The summed E-state index contributed by atoms with van der Waals surface area (Å²) >= 11 is 0. The monoisotopic (exact) mass is 324 g/mol. The SMILES string of the molecule is CNC1CCN(C(=O)c2ccccc2S(=O)(=O)C(C)C)CC1. The van der Waals surface area contributed by atoms with Crippen molar-refractivity contribution in [3.63, 3.8) is 0 Å². The van der Waals surface area contributed by atoms with Crippen molar-refractivity contribution < 1.29 is 13.2 Å². The van der Waals surface area contributed by atoms with Gasteiger partial charge in [-0.25, -0.2) is 8.42 Å². The van der Waals surface area contributed by atoms with Gasteiger partial charge in [-0.05, 0) is 45.9 Å². The largest absolute Gasteiger partial charge is 0.338 e. The van der Waals surface area contributed by atoms with Crippen LogP contribution in [0.4, 0.5) is 0 Å². The molecule has 0 aliphatic carbocycles. The zero-order valence-electron chi connectivity index (χ0n) is 13.4. The number of piperidine rings is 1. The number of carbonyl (C=O) groups is 1. The molecule has 22 heavy (non-hydrogen) atoms. The summed E-state index contributed by atoms with van der Waals surface area (Å²) in [5.41, 5.74) is 0.291. The molecule has 0 radical (unpaired) electrons. The van der Waals surface area contributed by atoms with Crippen molar-refractivity contribution >= 4 is 15.7 Å². The Kier molecular flexibility index (Phi) is 5.24. The molecule has 0 spiro atoms. The number of nitrogens with one attached hydrogen (secondary N) is 1. The average Bonchev–Trinajstić information content (AvgIpc) is 2.54. The lowest BCUT2D eigenvalue weighted by Gasteiger charge is -2.32. The summed E-state index contributed by atoms with van der Waals surface area (Å²) in [4.78, 5) is 14.6. The molecule has 1 amide bonds. The van der Waals surface area contributed by atoms with E-state index in [4.69, 9.17) is 0 Å². The fourth-order valence-corrected chi connectivity index (χ4v) is 3.92. The van der Waals surface area contributed by atoms with E-state index < -0.39 is 15.1 Å². The summed E-state index contributed by atoms with van der Waals surface area (Å²) < 4.78 is 24.9.